The Kier molecular flexibility index (Phi) is 6.11. The molecular weight excluding hydrogens is 420 g/mol. The van der Waals surface area contributed by atoms with Gasteiger partial charge in [-0.05, 0) is 36.3 Å². The molecule has 0 spiro atoms. The summed E-state index contributed by atoms with van der Waals surface area (Å²) in [6.07, 6.45) is 3.05. The van der Waals surface area contributed by atoms with Gasteiger partial charge >= 0.3 is 0 Å². The van der Waals surface area contributed by atoms with E-state index in [1.807, 2.05) is 54.7 Å². The Bertz CT molecular complexity index is 1420. The van der Waals surface area contributed by atoms with Crippen molar-refractivity contribution < 1.29 is 0 Å². The van der Waals surface area contributed by atoms with Crippen LogP contribution in [0.2, 0.25) is 0 Å². The normalized spacial score (nSPS) is 11.4. The molecule has 0 amide bonds. The van der Waals surface area contributed by atoms with Crippen LogP contribution in [-0.4, -0.2) is 33.5 Å². The number of imidazole rings is 1. The lowest BCUT2D eigenvalue weighted by Crippen LogP contribution is -2.18. The van der Waals surface area contributed by atoms with E-state index in [-0.39, 0.29) is 5.56 Å². The molecule has 0 aromatic heterocycles. The Labute approximate surface area is 199 Å². The Morgan fingerprint density at radius 3 is 2.24 bits per heavy atom. The minimum atomic E-state index is -0.0616. The van der Waals surface area contributed by atoms with Crippen molar-refractivity contribution in [2.75, 3.05) is 14.1 Å². The molecule has 0 radical (unpaired) electrons. The molecule has 5 rings (SSSR count). The lowest BCUT2D eigenvalue weighted by molar-refractivity contribution is 0.402. The highest BCUT2D eigenvalue weighted by Crippen LogP contribution is 2.23. The van der Waals surface area contributed by atoms with Gasteiger partial charge in [-0.2, -0.15) is 0 Å². The fourth-order valence-corrected chi connectivity index (χ4v) is 4.38. The fourth-order valence-electron chi connectivity index (χ4n) is 4.38. The molecular formula is C29H28N4O. The first-order chi connectivity index (χ1) is 16.6. The molecule has 0 saturated carbocycles. The van der Waals surface area contributed by atoms with E-state index in [0.717, 1.165) is 29.1 Å². The number of nitrogens with one attached hydrogen (secondary N) is 1. The van der Waals surface area contributed by atoms with Crippen LogP contribution in [-0.2, 0) is 19.4 Å². The number of nitrogens with zero attached hydrogens (tertiary/aromatic N) is 3. The first kappa shape index (κ1) is 21.9. The molecule has 1 N–H and O–H groups in total. The molecule has 170 valence electrons. The number of aromatic nitrogens is 3. The smallest absolute Gasteiger partial charge is 0.278 e. The van der Waals surface area contributed by atoms with Gasteiger partial charge in [0.1, 0.15) is 5.69 Å². The summed E-state index contributed by atoms with van der Waals surface area (Å²) in [7, 11) is 4.11. The van der Waals surface area contributed by atoms with E-state index in [1.165, 1.54) is 11.1 Å². The molecule has 3 aromatic rings. The number of hydrogen-bond acceptors (Lipinski definition) is 3. The average Bonchev–Trinajstić information content (AvgIpc) is 3.15. The van der Waals surface area contributed by atoms with E-state index in [4.69, 9.17) is 4.98 Å². The fraction of sp³-hybridized carbons (Fsp3) is 0.172. The van der Waals surface area contributed by atoms with Crippen molar-refractivity contribution in [2.45, 2.75) is 19.4 Å². The van der Waals surface area contributed by atoms with Crippen molar-refractivity contribution >= 4 is 0 Å². The van der Waals surface area contributed by atoms with Gasteiger partial charge in [0.15, 0.2) is 5.82 Å². The van der Waals surface area contributed by atoms with E-state index < -0.39 is 0 Å². The lowest BCUT2D eigenvalue weighted by Gasteiger charge is -2.13. The Morgan fingerprint density at radius 1 is 0.824 bits per heavy atom. The summed E-state index contributed by atoms with van der Waals surface area (Å²) in [5, 5.41) is 0. The van der Waals surface area contributed by atoms with Gasteiger partial charge in [-0.25, -0.2) is 4.98 Å². The van der Waals surface area contributed by atoms with Gasteiger partial charge in [0.25, 0.3) is 5.56 Å². The zero-order valence-electron chi connectivity index (χ0n) is 19.5. The summed E-state index contributed by atoms with van der Waals surface area (Å²) in [4.78, 5) is 24.0. The standard InChI is InChI=1S/C29H28N4O/c1-32(2)19-23-13-9-12-22(16-23)18-26-29(34)33-20-27(24-14-7-4-8-15-24)30-25(28(33)31-26)17-21-10-5-3-6-11-21/h3-16,20,30H,17-19H2,1-2H3. The Morgan fingerprint density at radius 2 is 1.50 bits per heavy atom. The second-order valence-corrected chi connectivity index (χ2v) is 8.97. The first-order valence-corrected chi connectivity index (χ1v) is 11.5. The number of fused-ring (bicyclic) bond motifs is 1. The lowest BCUT2D eigenvalue weighted by atomic mass is 10.1. The summed E-state index contributed by atoms with van der Waals surface area (Å²) >= 11 is 0. The zero-order valence-corrected chi connectivity index (χ0v) is 19.5. The van der Waals surface area contributed by atoms with Crippen LogP contribution in [0.4, 0.5) is 0 Å². The minimum Gasteiger partial charge on any atom is -0.354 e. The van der Waals surface area contributed by atoms with Crippen LogP contribution in [0, 0.1) is 0 Å². The SMILES string of the molecule is CN(C)Cc1cccc(Cc2nc3c(Cc4ccccc4)[nH]c(-c4ccccc4)cn-3c2=O)c1. The number of H-pyrrole nitrogens is 1. The Hall–Kier alpha value is -3.96. The van der Waals surface area contributed by atoms with Gasteiger partial charge in [0, 0.05) is 25.6 Å². The molecule has 0 aliphatic carbocycles. The third kappa shape index (κ3) is 4.70. The maximum absolute atomic E-state index is 13.5. The van der Waals surface area contributed by atoms with Crippen molar-refractivity contribution in [1.29, 1.82) is 0 Å². The molecule has 2 heterocycles. The van der Waals surface area contributed by atoms with Crippen LogP contribution in [0.1, 0.15) is 28.1 Å². The van der Waals surface area contributed by atoms with Gasteiger partial charge < -0.3 is 9.88 Å². The second kappa shape index (κ2) is 9.49. The number of benzene rings is 3. The van der Waals surface area contributed by atoms with E-state index in [9.17, 15) is 4.79 Å². The maximum atomic E-state index is 13.5. The Balaban J connectivity index is 1.58. The highest BCUT2D eigenvalue weighted by molar-refractivity contribution is 5.60. The van der Waals surface area contributed by atoms with Gasteiger partial charge in [0.2, 0.25) is 0 Å². The maximum Gasteiger partial charge on any atom is 0.278 e. The van der Waals surface area contributed by atoms with E-state index in [0.29, 0.717) is 24.4 Å². The van der Waals surface area contributed by atoms with Gasteiger partial charge in [0.05, 0.1) is 11.4 Å². The number of hydrogen-bond donors (Lipinski definition) is 1. The summed E-state index contributed by atoms with van der Waals surface area (Å²) < 4.78 is 1.70. The number of aromatic amines is 1. The molecule has 0 saturated heterocycles. The average molecular weight is 449 g/mol. The summed E-state index contributed by atoms with van der Waals surface area (Å²) in [6.45, 7) is 0.861. The van der Waals surface area contributed by atoms with Crippen molar-refractivity contribution in [3.63, 3.8) is 0 Å². The van der Waals surface area contributed by atoms with Crippen molar-refractivity contribution in [3.8, 4) is 17.1 Å². The molecule has 0 unspecified atom stereocenters. The molecule has 3 aromatic carbocycles. The van der Waals surface area contributed by atoms with Crippen LogP contribution in [0.15, 0.2) is 95.9 Å². The summed E-state index contributed by atoms with van der Waals surface area (Å²) in [5.74, 6) is 0.688. The van der Waals surface area contributed by atoms with Crippen molar-refractivity contribution in [3.05, 3.63) is 130 Å². The van der Waals surface area contributed by atoms with E-state index in [2.05, 4.69) is 60.4 Å². The second-order valence-electron chi connectivity index (χ2n) is 8.97. The van der Waals surface area contributed by atoms with Crippen LogP contribution in [0.3, 0.4) is 0 Å². The minimum absolute atomic E-state index is 0.0616. The molecule has 5 nitrogen and oxygen atoms in total. The van der Waals surface area contributed by atoms with E-state index >= 15 is 0 Å². The zero-order chi connectivity index (χ0) is 23.5. The molecule has 34 heavy (non-hydrogen) atoms. The third-order valence-electron chi connectivity index (χ3n) is 5.92. The largest absolute Gasteiger partial charge is 0.354 e. The van der Waals surface area contributed by atoms with Crippen LogP contribution >= 0.6 is 0 Å². The van der Waals surface area contributed by atoms with Crippen molar-refractivity contribution in [1.82, 2.24) is 19.4 Å². The van der Waals surface area contributed by atoms with Gasteiger partial charge in [-0.15, -0.1) is 0 Å². The summed E-state index contributed by atoms with van der Waals surface area (Å²) in [6, 6.07) is 28.7. The predicted octanol–water partition coefficient (Wildman–Crippen LogP) is 4.91. The molecule has 5 heteroatoms. The van der Waals surface area contributed by atoms with Gasteiger partial charge in [-0.1, -0.05) is 84.9 Å². The predicted molar refractivity (Wildman–Crippen MR) is 137 cm³/mol. The topological polar surface area (TPSA) is 53.9 Å². The van der Waals surface area contributed by atoms with E-state index in [1.54, 1.807) is 4.57 Å². The van der Waals surface area contributed by atoms with Crippen LogP contribution in [0.5, 0.6) is 0 Å². The van der Waals surface area contributed by atoms with Gasteiger partial charge in [-0.3, -0.25) is 9.36 Å². The molecule has 0 atom stereocenters. The van der Waals surface area contributed by atoms with Crippen molar-refractivity contribution in [2.24, 2.45) is 0 Å². The first-order valence-electron chi connectivity index (χ1n) is 11.5. The summed E-state index contributed by atoms with van der Waals surface area (Å²) in [5.41, 5.74) is 6.85. The molecule has 2 aliphatic heterocycles. The third-order valence-corrected chi connectivity index (χ3v) is 5.92. The van der Waals surface area contributed by atoms with Crippen LogP contribution < -0.4 is 5.56 Å². The van der Waals surface area contributed by atoms with Crippen LogP contribution in [0.25, 0.3) is 17.1 Å². The highest BCUT2D eigenvalue weighted by Gasteiger charge is 2.20. The molecule has 0 bridgehead atoms. The molecule has 0 fully saturated rings. The quantitative estimate of drug-likeness (QED) is 0.385. The highest BCUT2D eigenvalue weighted by atomic mass is 16.1. The monoisotopic (exact) mass is 448 g/mol. The molecule has 2 aliphatic rings. The number of rotatable bonds is 7.